The number of nitrogens with zero attached hydrogens (tertiary/aromatic N) is 1. The van der Waals surface area contributed by atoms with Crippen molar-refractivity contribution in [2.75, 3.05) is 6.54 Å². The van der Waals surface area contributed by atoms with Crippen LogP contribution in [0, 0.1) is 5.92 Å². The van der Waals surface area contributed by atoms with E-state index in [1.54, 1.807) is 31.2 Å². The first kappa shape index (κ1) is 14.9. The second-order valence-electron chi connectivity index (χ2n) is 5.12. The van der Waals surface area contributed by atoms with Crippen LogP contribution in [0.4, 0.5) is 0 Å². The number of likely N-dealkylation sites (N-methyl/N-ethyl adjacent to an activating group) is 1. The van der Waals surface area contributed by atoms with Gasteiger partial charge in [0.1, 0.15) is 0 Å². The minimum atomic E-state index is -1.27. The second-order valence-corrected chi connectivity index (χ2v) is 5.55. The van der Waals surface area contributed by atoms with Crippen molar-refractivity contribution in [2.45, 2.75) is 32.2 Å². The number of rotatable bonds is 5. The number of carbonyl (C=O) groups excluding carboxylic acids is 1. The molecule has 2 rings (SSSR count). The fraction of sp³-hybridized carbons (Fsp3) is 0.467. The lowest BCUT2D eigenvalue weighted by molar-refractivity contribution is -0.161. The van der Waals surface area contributed by atoms with Crippen molar-refractivity contribution in [3.05, 3.63) is 34.9 Å². The highest BCUT2D eigenvalue weighted by Crippen LogP contribution is 2.50. The van der Waals surface area contributed by atoms with Crippen LogP contribution >= 0.6 is 11.6 Å². The molecule has 1 aliphatic carbocycles. The van der Waals surface area contributed by atoms with Crippen LogP contribution in [0.1, 0.15) is 32.3 Å². The summed E-state index contributed by atoms with van der Waals surface area (Å²) in [5.41, 5.74) is -0.653. The van der Waals surface area contributed by atoms with Gasteiger partial charge < -0.3 is 10.0 Å². The minimum absolute atomic E-state index is 0.0370. The smallest absolute Gasteiger partial charge is 0.334 e. The van der Waals surface area contributed by atoms with E-state index in [4.69, 9.17) is 11.6 Å². The molecule has 1 unspecified atom stereocenters. The topological polar surface area (TPSA) is 57.6 Å². The molecule has 0 saturated heterocycles. The zero-order chi connectivity index (χ0) is 14.9. The van der Waals surface area contributed by atoms with Crippen LogP contribution in [0.25, 0.3) is 0 Å². The van der Waals surface area contributed by atoms with Gasteiger partial charge in [-0.25, -0.2) is 4.79 Å². The van der Waals surface area contributed by atoms with Crippen LogP contribution in [0.15, 0.2) is 24.3 Å². The molecule has 0 heterocycles. The van der Waals surface area contributed by atoms with Crippen molar-refractivity contribution in [1.82, 2.24) is 4.90 Å². The molecular weight excluding hydrogens is 278 g/mol. The Morgan fingerprint density at radius 2 is 1.90 bits per heavy atom. The summed E-state index contributed by atoms with van der Waals surface area (Å²) >= 11 is 5.88. The van der Waals surface area contributed by atoms with Gasteiger partial charge in [0.25, 0.3) is 0 Å². The van der Waals surface area contributed by atoms with Crippen LogP contribution in [-0.2, 0) is 15.1 Å². The Kier molecular flexibility index (Phi) is 4.04. The van der Waals surface area contributed by atoms with E-state index in [9.17, 15) is 14.7 Å². The fourth-order valence-electron chi connectivity index (χ4n) is 2.95. The van der Waals surface area contributed by atoms with Crippen molar-refractivity contribution in [2.24, 2.45) is 5.92 Å². The Labute approximate surface area is 123 Å². The van der Waals surface area contributed by atoms with Crippen LogP contribution in [0.3, 0.4) is 0 Å². The molecule has 4 nitrogen and oxygen atoms in total. The first-order chi connectivity index (χ1) is 9.44. The maximum absolute atomic E-state index is 12.1. The van der Waals surface area contributed by atoms with Crippen molar-refractivity contribution in [3.63, 3.8) is 0 Å². The number of hydrogen-bond acceptors (Lipinski definition) is 2. The van der Waals surface area contributed by atoms with Crippen LogP contribution < -0.4 is 0 Å². The molecule has 1 atom stereocenters. The predicted molar refractivity (Wildman–Crippen MR) is 76.6 cm³/mol. The Balaban J connectivity index is 2.61. The number of aliphatic carboxylic acids is 1. The third kappa shape index (κ3) is 2.29. The van der Waals surface area contributed by atoms with Crippen molar-refractivity contribution < 1.29 is 14.7 Å². The summed E-state index contributed by atoms with van der Waals surface area (Å²) in [6.45, 7) is 3.58. The highest BCUT2D eigenvalue weighted by Gasteiger charge is 2.57. The number of hydrogen-bond donors (Lipinski definition) is 1. The summed E-state index contributed by atoms with van der Waals surface area (Å²) in [7, 11) is 0. The summed E-state index contributed by atoms with van der Waals surface area (Å²) in [5.74, 6) is -1.24. The van der Waals surface area contributed by atoms with Gasteiger partial charge >= 0.3 is 5.97 Å². The normalized spacial score (nSPS) is 17.4. The Bertz CT molecular complexity index is 524. The van der Waals surface area contributed by atoms with Gasteiger partial charge in [0.2, 0.25) is 5.91 Å². The Morgan fingerprint density at radius 3 is 2.25 bits per heavy atom. The van der Waals surface area contributed by atoms with E-state index in [1.807, 2.05) is 0 Å². The van der Waals surface area contributed by atoms with Gasteiger partial charge in [0.15, 0.2) is 5.54 Å². The molecule has 1 aliphatic rings. The average molecular weight is 296 g/mol. The molecule has 1 amide bonds. The van der Waals surface area contributed by atoms with Crippen molar-refractivity contribution >= 4 is 23.5 Å². The van der Waals surface area contributed by atoms with E-state index in [-0.39, 0.29) is 11.8 Å². The quantitative estimate of drug-likeness (QED) is 0.908. The van der Waals surface area contributed by atoms with E-state index in [0.717, 1.165) is 12.8 Å². The van der Waals surface area contributed by atoms with E-state index >= 15 is 0 Å². The number of benzene rings is 1. The van der Waals surface area contributed by atoms with E-state index in [1.165, 1.54) is 11.8 Å². The molecule has 1 aromatic rings. The Morgan fingerprint density at radius 1 is 1.35 bits per heavy atom. The number of amides is 1. The van der Waals surface area contributed by atoms with Gasteiger partial charge in [0.05, 0.1) is 0 Å². The molecular formula is C15H18ClNO3. The van der Waals surface area contributed by atoms with Crippen LogP contribution in [-0.4, -0.2) is 28.4 Å². The van der Waals surface area contributed by atoms with Crippen molar-refractivity contribution in [3.8, 4) is 0 Å². The molecule has 1 saturated carbocycles. The van der Waals surface area contributed by atoms with Gasteiger partial charge in [-0.15, -0.1) is 0 Å². The summed E-state index contributed by atoms with van der Waals surface area (Å²) < 4.78 is 0. The molecule has 1 aromatic carbocycles. The first-order valence-corrected chi connectivity index (χ1v) is 7.10. The van der Waals surface area contributed by atoms with Crippen molar-refractivity contribution in [1.29, 1.82) is 0 Å². The van der Waals surface area contributed by atoms with Gasteiger partial charge in [-0.1, -0.05) is 23.7 Å². The van der Waals surface area contributed by atoms with Gasteiger partial charge in [-0.05, 0) is 43.4 Å². The standard InChI is InChI=1S/C15H18ClNO3/c1-3-17(10(2)18)15(14(19)20,11-4-5-11)12-6-8-13(16)9-7-12/h6-9,11H,3-5H2,1-2H3,(H,19,20). The van der Waals surface area contributed by atoms with Gasteiger partial charge in [-0.3, -0.25) is 4.79 Å². The molecule has 20 heavy (non-hydrogen) atoms. The lowest BCUT2D eigenvalue weighted by atomic mass is 9.82. The molecule has 108 valence electrons. The van der Waals surface area contributed by atoms with Crippen LogP contribution in [0.5, 0.6) is 0 Å². The molecule has 5 heteroatoms. The number of carboxylic acid groups (broad SMARTS) is 1. The SMILES string of the molecule is CCN(C(C)=O)C(C(=O)O)(c1ccc(Cl)cc1)C1CC1. The molecule has 0 spiro atoms. The minimum Gasteiger partial charge on any atom is -0.479 e. The fourth-order valence-corrected chi connectivity index (χ4v) is 3.08. The lowest BCUT2D eigenvalue weighted by Gasteiger charge is -2.40. The first-order valence-electron chi connectivity index (χ1n) is 6.72. The monoisotopic (exact) mass is 295 g/mol. The summed E-state index contributed by atoms with van der Waals surface area (Å²) in [6.07, 6.45) is 1.64. The number of carboxylic acids is 1. The largest absolute Gasteiger partial charge is 0.479 e. The molecule has 0 radical (unpaired) electrons. The maximum atomic E-state index is 12.1. The highest BCUT2D eigenvalue weighted by molar-refractivity contribution is 6.30. The predicted octanol–water partition coefficient (Wildman–Crippen LogP) is 2.90. The summed E-state index contributed by atoms with van der Waals surface area (Å²) in [6, 6.07) is 6.76. The van der Waals surface area contributed by atoms with Crippen LogP contribution in [0.2, 0.25) is 5.02 Å². The third-order valence-electron chi connectivity index (χ3n) is 3.90. The molecule has 1 fully saturated rings. The lowest BCUT2D eigenvalue weighted by Crippen LogP contribution is -2.55. The molecule has 0 aromatic heterocycles. The second kappa shape index (κ2) is 5.44. The molecule has 0 aliphatic heterocycles. The summed E-state index contributed by atoms with van der Waals surface area (Å²) in [5, 5.41) is 10.4. The zero-order valence-electron chi connectivity index (χ0n) is 11.6. The highest BCUT2D eigenvalue weighted by atomic mass is 35.5. The zero-order valence-corrected chi connectivity index (χ0v) is 12.4. The van der Waals surface area contributed by atoms with Gasteiger partial charge in [0, 0.05) is 18.5 Å². The molecule has 1 N–H and O–H groups in total. The third-order valence-corrected chi connectivity index (χ3v) is 4.15. The Hall–Kier alpha value is -1.55. The van der Waals surface area contributed by atoms with E-state index in [0.29, 0.717) is 17.1 Å². The number of carbonyl (C=O) groups is 2. The number of halogens is 1. The maximum Gasteiger partial charge on any atom is 0.334 e. The molecule has 0 bridgehead atoms. The van der Waals surface area contributed by atoms with Gasteiger partial charge in [-0.2, -0.15) is 0 Å². The van der Waals surface area contributed by atoms with E-state index in [2.05, 4.69) is 0 Å². The summed E-state index contributed by atoms with van der Waals surface area (Å²) in [4.78, 5) is 25.5. The average Bonchev–Trinajstić information content (AvgIpc) is 3.20. The van der Waals surface area contributed by atoms with E-state index < -0.39 is 11.5 Å².